The molecule has 6 nitrogen and oxygen atoms in total. The van der Waals surface area contributed by atoms with Crippen molar-refractivity contribution < 1.29 is 19.4 Å². The van der Waals surface area contributed by atoms with Crippen LogP contribution in [0, 0.1) is 11.8 Å². The van der Waals surface area contributed by atoms with E-state index < -0.39 is 5.97 Å². The van der Waals surface area contributed by atoms with Gasteiger partial charge in [-0.05, 0) is 43.5 Å². The molecule has 21 heavy (non-hydrogen) atoms. The average Bonchev–Trinajstić information content (AvgIpc) is 2.96. The summed E-state index contributed by atoms with van der Waals surface area (Å²) in [5.41, 5.74) is 5.99. The molecule has 0 bridgehead atoms. The Bertz CT molecular complexity index is 544. The van der Waals surface area contributed by atoms with Gasteiger partial charge in [-0.2, -0.15) is 0 Å². The largest absolute Gasteiger partial charge is 0.497 e. The molecular formula is C15H20N2O4. The number of rotatable bonds is 5. The minimum absolute atomic E-state index is 0.0185. The Labute approximate surface area is 123 Å². The minimum Gasteiger partial charge on any atom is -0.497 e. The number of methoxy groups -OCH3 is 1. The van der Waals surface area contributed by atoms with Crippen LogP contribution in [0.15, 0.2) is 18.2 Å². The Balaban J connectivity index is 2.19. The van der Waals surface area contributed by atoms with Crippen molar-refractivity contribution in [3.8, 4) is 5.75 Å². The van der Waals surface area contributed by atoms with Gasteiger partial charge in [-0.1, -0.05) is 6.42 Å². The summed E-state index contributed by atoms with van der Waals surface area (Å²) in [7, 11) is 1.46. The molecule has 2 atom stereocenters. The predicted octanol–water partition coefficient (Wildman–Crippen LogP) is 1.71. The van der Waals surface area contributed by atoms with Crippen molar-refractivity contribution in [3.05, 3.63) is 23.8 Å². The van der Waals surface area contributed by atoms with Gasteiger partial charge >= 0.3 is 5.97 Å². The van der Waals surface area contributed by atoms with Gasteiger partial charge in [-0.15, -0.1) is 0 Å². The number of benzene rings is 1. The van der Waals surface area contributed by atoms with E-state index in [0.717, 1.165) is 19.3 Å². The molecule has 1 amide bonds. The van der Waals surface area contributed by atoms with Crippen molar-refractivity contribution in [2.45, 2.75) is 19.3 Å². The van der Waals surface area contributed by atoms with Gasteiger partial charge in [0.15, 0.2) is 0 Å². The fourth-order valence-electron chi connectivity index (χ4n) is 2.83. The quantitative estimate of drug-likeness (QED) is 0.766. The SMILES string of the molecule is COc1ccc(NC(=O)C2CCCC2CN)c(C(=O)O)c1. The third-order valence-electron chi connectivity index (χ3n) is 4.01. The zero-order valence-corrected chi connectivity index (χ0v) is 12.0. The molecule has 2 rings (SSSR count). The molecule has 0 radical (unpaired) electrons. The van der Waals surface area contributed by atoms with Crippen LogP contribution in [-0.4, -0.2) is 30.6 Å². The van der Waals surface area contributed by atoms with Gasteiger partial charge in [0.1, 0.15) is 5.75 Å². The summed E-state index contributed by atoms with van der Waals surface area (Å²) < 4.78 is 5.01. The number of carboxylic acids is 1. The van der Waals surface area contributed by atoms with Gasteiger partial charge in [-0.3, -0.25) is 4.79 Å². The van der Waals surface area contributed by atoms with E-state index in [2.05, 4.69) is 5.32 Å². The molecule has 0 aromatic heterocycles. The maximum absolute atomic E-state index is 12.3. The molecule has 114 valence electrons. The van der Waals surface area contributed by atoms with Crippen LogP contribution in [0.3, 0.4) is 0 Å². The third kappa shape index (κ3) is 3.33. The Morgan fingerprint density at radius 2 is 2.19 bits per heavy atom. The third-order valence-corrected chi connectivity index (χ3v) is 4.01. The fourth-order valence-corrected chi connectivity index (χ4v) is 2.83. The highest BCUT2D eigenvalue weighted by Crippen LogP contribution is 2.32. The molecule has 0 spiro atoms. The molecule has 1 aliphatic rings. The standard InChI is InChI=1S/C15H20N2O4/c1-21-10-5-6-13(12(7-10)15(19)20)17-14(18)11-4-2-3-9(11)8-16/h5-7,9,11H,2-4,8,16H2,1H3,(H,17,18)(H,19,20). The van der Waals surface area contributed by atoms with Crippen molar-refractivity contribution in [2.24, 2.45) is 17.6 Å². The molecule has 1 aromatic rings. The van der Waals surface area contributed by atoms with Crippen LogP contribution >= 0.6 is 0 Å². The number of carbonyl (C=O) groups excluding carboxylic acids is 1. The van der Waals surface area contributed by atoms with E-state index in [0.29, 0.717) is 12.3 Å². The van der Waals surface area contributed by atoms with Crippen molar-refractivity contribution >= 4 is 17.6 Å². The van der Waals surface area contributed by atoms with Crippen LogP contribution < -0.4 is 15.8 Å². The first-order valence-electron chi connectivity index (χ1n) is 6.99. The van der Waals surface area contributed by atoms with Gasteiger partial charge in [-0.25, -0.2) is 4.79 Å². The Kier molecular flexibility index (Phi) is 4.80. The first-order chi connectivity index (χ1) is 10.1. The van der Waals surface area contributed by atoms with E-state index in [1.807, 2.05) is 0 Å². The van der Waals surface area contributed by atoms with E-state index in [-0.39, 0.29) is 29.0 Å². The lowest BCUT2D eigenvalue weighted by molar-refractivity contribution is -0.120. The van der Waals surface area contributed by atoms with Crippen molar-refractivity contribution in [3.63, 3.8) is 0 Å². The molecule has 0 heterocycles. The molecule has 0 saturated heterocycles. The second-order valence-corrected chi connectivity index (χ2v) is 5.24. The monoisotopic (exact) mass is 292 g/mol. The maximum atomic E-state index is 12.3. The summed E-state index contributed by atoms with van der Waals surface area (Å²) in [6.45, 7) is 0.479. The number of hydrogen-bond donors (Lipinski definition) is 3. The Morgan fingerprint density at radius 3 is 2.81 bits per heavy atom. The number of nitrogens with two attached hydrogens (primary N) is 1. The molecular weight excluding hydrogens is 272 g/mol. The molecule has 1 fully saturated rings. The molecule has 4 N–H and O–H groups in total. The topological polar surface area (TPSA) is 102 Å². The molecule has 1 aromatic carbocycles. The average molecular weight is 292 g/mol. The van der Waals surface area contributed by atoms with Gasteiger partial charge in [0.2, 0.25) is 5.91 Å². The van der Waals surface area contributed by atoms with Gasteiger partial charge in [0.25, 0.3) is 0 Å². The normalized spacial score (nSPS) is 21.0. The first-order valence-corrected chi connectivity index (χ1v) is 6.99. The molecule has 1 saturated carbocycles. The van der Waals surface area contributed by atoms with E-state index in [9.17, 15) is 14.7 Å². The predicted molar refractivity (Wildman–Crippen MR) is 78.5 cm³/mol. The second kappa shape index (κ2) is 6.58. The van der Waals surface area contributed by atoms with Crippen molar-refractivity contribution in [1.29, 1.82) is 0 Å². The smallest absolute Gasteiger partial charge is 0.337 e. The number of amides is 1. The van der Waals surface area contributed by atoms with Crippen LogP contribution in [0.2, 0.25) is 0 Å². The lowest BCUT2D eigenvalue weighted by Crippen LogP contribution is -2.30. The summed E-state index contributed by atoms with van der Waals surface area (Å²) >= 11 is 0. The summed E-state index contributed by atoms with van der Waals surface area (Å²) in [4.78, 5) is 23.6. The zero-order chi connectivity index (χ0) is 15.4. The summed E-state index contributed by atoms with van der Waals surface area (Å²) in [6.07, 6.45) is 2.73. The zero-order valence-electron chi connectivity index (χ0n) is 12.0. The fraction of sp³-hybridized carbons (Fsp3) is 0.467. The van der Waals surface area contributed by atoms with E-state index in [1.54, 1.807) is 12.1 Å². The Morgan fingerprint density at radius 1 is 1.43 bits per heavy atom. The van der Waals surface area contributed by atoms with Gasteiger partial charge < -0.3 is 20.9 Å². The summed E-state index contributed by atoms with van der Waals surface area (Å²) in [5, 5.41) is 12.0. The highest BCUT2D eigenvalue weighted by molar-refractivity contribution is 6.01. The van der Waals surface area contributed by atoms with Crippen molar-refractivity contribution in [1.82, 2.24) is 0 Å². The van der Waals surface area contributed by atoms with Crippen LogP contribution in [0.4, 0.5) is 5.69 Å². The number of carbonyl (C=O) groups is 2. The molecule has 6 heteroatoms. The van der Waals surface area contributed by atoms with Crippen LogP contribution in [0.25, 0.3) is 0 Å². The van der Waals surface area contributed by atoms with Gasteiger partial charge in [0, 0.05) is 5.92 Å². The summed E-state index contributed by atoms with van der Waals surface area (Å²) in [6, 6.07) is 4.57. The number of hydrogen-bond acceptors (Lipinski definition) is 4. The van der Waals surface area contributed by atoms with Crippen LogP contribution in [0.5, 0.6) is 5.75 Å². The number of carboxylic acid groups (broad SMARTS) is 1. The Hall–Kier alpha value is -2.08. The maximum Gasteiger partial charge on any atom is 0.337 e. The number of aromatic carboxylic acids is 1. The van der Waals surface area contributed by atoms with Crippen molar-refractivity contribution in [2.75, 3.05) is 19.0 Å². The second-order valence-electron chi connectivity index (χ2n) is 5.24. The molecule has 2 unspecified atom stereocenters. The number of ether oxygens (including phenoxy) is 1. The van der Waals surface area contributed by atoms with E-state index in [1.165, 1.54) is 13.2 Å². The first kappa shape index (κ1) is 15.3. The van der Waals surface area contributed by atoms with E-state index in [4.69, 9.17) is 10.5 Å². The summed E-state index contributed by atoms with van der Waals surface area (Å²) in [5.74, 6) is -0.789. The van der Waals surface area contributed by atoms with Crippen LogP contribution in [-0.2, 0) is 4.79 Å². The molecule has 0 aliphatic heterocycles. The van der Waals surface area contributed by atoms with Crippen LogP contribution in [0.1, 0.15) is 29.6 Å². The lowest BCUT2D eigenvalue weighted by Gasteiger charge is -2.18. The van der Waals surface area contributed by atoms with Gasteiger partial charge in [0.05, 0.1) is 18.4 Å². The highest BCUT2D eigenvalue weighted by Gasteiger charge is 2.32. The minimum atomic E-state index is -1.11. The molecule has 1 aliphatic carbocycles. The number of anilines is 1. The van der Waals surface area contributed by atoms with E-state index >= 15 is 0 Å². The lowest BCUT2D eigenvalue weighted by atomic mass is 9.95. The highest BCUT2D eigenvalue weighted by atomic mass is 16.5. The number of nitrogens with one attached hydrogen (secondary N) is 1.